The highest BCUT2D eigenvalue weighted by Gasteiger charge is 2.30. The molecule has 0 radical (unpaired) electrons. The van der Waals surface area contributed by atoms with Crippen molar-refractivity contribution >= 4 is 21.8 Å². The molecule has 34 heavy (non-hydrogen) atoms. The fraction of sp³-hybridized carbons (Fsp3) is 0.440. The van der Waals surface area contributed by atoms with E-state index >= 15 is 0 Å². The van der Waals surface area contributed by atoms with Crippen molar-refractivity contribution in [3.05, 3.63) is 60.2 Å². The first-order valence-corrected chi connectivity index (χ1v) is 13.1. The number of piperidine rings is 1. The molecule has 2 fully saturated rings. The first kappa shape index (κ1) is 24.2. The zero-order valence-electron chi connectivity index (χ0n) is 19.4. The van der Waals surface area contributed by atoms with Crippen molar-refractivity contribution in [1.82, 2.24) is 14.1 Å². The average molecular weight is 486 g/mol. The summed E-state index contributed by atoms with van der Waals surface area (Å²) in [6.07, 6.45) is 1.74. The maximum Gasteiger partial charge on any atom is 0.253 e. The van der Waals surface area contributed by atoms with Crippen molar-refractivity contribution < 1.29 is 22.7 Å². The molecule has 0 aromatic heterocycles. The number of amides is 2. The van der Waals surface area contributed by atoms with Crippen LogP contribution in [0.2, 0.25) is 0 Å². The summed E-state index contributed by atoms with van der Waals surface area (Å²) in [7, 11) is -3.66. The smallest absolute Gasteiger partial charge is 0.253 e. The van der Waals surface area contributed by atoms with E-state index in [1.54, 1.807) is 17.0 Å². The molecule has 0 spiro atoms. The van der Waals surface area contributed by atoms with Crippen molar-refractivity contribution in [1.29, 1.82) is 0 Å². The van der Waals surface area contributed by atoms with Gasteiger partial charge in [0, 0.05) is 51.8 Å². The third kappa shape index (κ3) is 5.59. The van der Waals surface area contributed by atoms with Gasteiger partial charge in [-0.1, -0.05) is 18.2 Å². The molecule has 2 amide bonds. The molecule has 2 saturated heterocycles. The summed E-state index contributed by atoms with van der Waals surface area (Å²) in [5.41, 5.74) is 0.485. The van der Waals surface area contributed by atoms with Crippen LogP contribution in [-0.2, 0) is 14.8 Å². The largest absolute Gasteiger partial charge is 0.493 e. The number of rotatable bonds is 6. The van der Waals surface area contributed by atoms with Gasteiger partial charge in [-0.2, -0.15) is 4.31 Å². The van der Waals surface area contributed by atoms with E-state index in [2.05, 4.69) is 0 Å². The normalized spacial score (nSPS) is 18.0. The van der Waals surface area contributed by atoms with Crippen LogP contribution in [0.15, 0.2) is 59.5 Å². The molecule has 2 aliphatic heterocycles. The van der Waals surface area contributed by atoms with E-state index in [0.29, 0.717) is 44.3 Å². The Morgan fingerprint density at radius 3 is 2.06 bits per heavy atom. The van der Waals surface area contributed by atoms with Crippen LogP contribution < -0.4 is 4.74 Å². The second-order valence-electron chi connectivity index (χ2n) is 8.79. The summed E-state index contributed by atoms with van der Waals surface area (Å²) in [6, 6.07) is 15.9. The van der Waals surface area contributed by atoms with Gasteiger partial charge in [-0.25, -0.2) is 8.42 Å². The van der Waals surface area contributed by atoms with E-state index in [4.69, 9.17) is 4.74 Å². The van der Waals surface area contributed by atoms with Crippen LogP contribution in [0.3, 0.4) is 0 Å². The molecular weight excluding hydrogens is 454 g/mol. The van der Waals surface area contributed by atoms with E-state index in [1.165, 1.54) is 23.4 Å². The predicted octanol–water partition coefficient (Wildman–Crippen LogP) is 2.47. The number of ether oxygens (including phenoxy) is 1. The predicted molar refractivity (Wildman–Crippen MR) is 128 cm³/mol. The Kier molecular flexibility index (Phi) is 7.53. The van der Waals surface area contributed by atoms with Crippen molar-refractivity contribution in [3.8, 4) is 5.75 Å². The lowest BCUT2D eigenvalue weighted by molar-refractivity contribution is -0.129. The van der Waals surface area contributed by atoms with Crippen LogP contribution in [0, 0.1) is 5.92 Å². The number of para-hydroxylation sites is 1. The van der Waals surface area contributed by atoms with Gasteiger partial charge < -0.3 is 14.5 Å². The molecule has 8 nitrogen and oxygen atoms in total. The number of carbonyl (C=O) groups is 2. The van der Waals surface area contributed by atoms with Gasteiger partial charge in [-0.05, 0) is 55.2 Å². The van der Waals surface area contributed by atoms with Crippen molar-refractivity contribution in [2.75, 3.05) is 45.9 Å². The lowest BCUT2D eigenvalue weighted by Crippen LogP contribution is -2.49. The summed E-state index contributed by atoms with van der Waals surface area (Å²) in [4.78, 5) is 28.1. The number of hydrogen-bond acceptors (Lipinski definition) is 5. The molecule has 2 heterocycles. The third-order valence-corrected chi connectivity index (χ3v) is 8.47. The van der Waals surface area contributed by atoms with Gasteiger partial charge in [0.25, 0.3) is 5.91 Å². The molecule has 182 valence electrons. The lowest BCUT2D eigenvalue weighted by atomic mass is 9.97. The molecule has 0 aliphatic carbocycles. The van der Waals surface area contributed by atoms with Gasteiger partial charge in [0.1, 0.15) is 5.75 Å². The minimum Gasteiger partial charge on any atom is -0.493 e. The molecule has 0 atom stereocenters. The first-order valence-electron chi connectivity index (χ1n) is 11.7. The van der Waals surface area contributed by atoms with Gasteiger partial charge in [-0.15, -0.1) is 0 Å². The van der Waals surface area contributed by atoms with Crippen LogP contribution in [0.25, 0.3) is 0 Å². The molecule has 2 aromatic rings. The van der Waals surface area contributed by atoms with Crippen LogP contribution in [0.4, 0.5) is 0 Å². The Morgan fingerprint density at radius 1 is 0.853 bits per heavy atom. The molecule has 4 rings (SSSR count). The Bertz CT molecular complexity index is 1090. The van der Waals surface area contributed by atoms with E-state index in [1.807, 2.05) is 35.2 Å². The Morgan fingerprint density at radius 2 is 1.47 bits per heavy atom. The second kappa shape index (κ2) is 10.6. The standard InChI is InChI=1S/C25H31N3O5S/c1-20(29)26-15-17-28(18-16-26)34(31,32)24-9-7-22(8-10-24)25(30)27-13-11-21(12-14-27)19-33-23-5-3-2-4-6-23/h2-10,21H,11-19H2,1H3. The minimum atomic E-state index is -3.66. The van der Waals surface area contributed by atoms with E-state index in [-0.39, 0.29) is 29.8 Å². The average Bonchev–Trinajstić information content (AvgIpc) is 2.88. The maximum atomic E-state index is 13.0. The quantitative estimate of drug-likeness (QED) is 0.627. The number of benzene rings is 2. The number of piperazine rings is 1. The summed E-state index contributed by atoms with van der Waals surface area (Å²) in [5, 5.41) is 0. The van der Waals surface area contributed by atoms with Crippen molar-refractivity contribution in [3.63, 3.8) is 0 Å². The van der Waals surface area contributed by atoms with Gasteiger partial charge in [0.2, 0.25) is 15.9 Å². The molecular formula is C25H31N3O5S. The van der Waals surface area contributed by atoms with Crippen molar-refractivity contribution in [2.24, 2.45) is 5.92 Å². The number of sulfonamides is 1. The summed E-state index contributed by atoms with van der Waals surface area (Å²) in [6.45, 7) is 4.75. The van der Waals surface area contributed by atoms with Crippen LogP contribution in [0.5, 0.6) is 5.75 Å². The monoisotopic (exact) mass is 485 g/mol. The summed E-state index contributed by atoms with van der Waals surface area (Å²) in [5.74, 6) is 1.13. The zero-order valence-corrected chi connectivity index (χ0v) is 20.2. The molecule has 2 aromatic carbocycles. The fourth-order valence-corrected chi connectivity index (χ4v) is 5.80. The van der Waals surface area contributed by atoms with Gasteiger partial charge >= 0.3 is 0 Å². The number of likely N-dealkylation sites (tertiary alicyclic amines) is 1. The maximum absolute atomic E-state index is 13.0. The second-order valence-corrected chi connectivity index (χ2v) is 10.7. The topological polar surface area (TPSA) is 87.2 Å². The van der Waals surface area contributed by atoms with E-state index in [0.717, 1.165) is 18.6 Å². The third-order valence-electron chi connectivity index (χ3n) is 6.55. The molecule has 9 heteroatoms. The highest BCUT2D eigenvalue weighted by molar-refractivity contribution is 7.89. The summed E-state index contributed by atoms with van der Waals surface area (Å²) >= 11 is 0. The first-order chi connectivity index (χ1) is 16.3. The van der Waals surface area contributed by atoms with Crippen LogP contribution >= 0.6 is 0 Å². The van der Waals surface area contributed by atoms with Crippen LogP contribution in [0.1, 0.15) is 30.1 Å². The zero-order chi connectivity index (χ0) is 24.1. The number of nitrogens with zero attached hydrogens (tertiary/aromatic N) is 3. The Balaban J connectivity index is 1.30. The summed E-state index contributed by atoms with van der Waals surface area (Å²) < 4.78 is 33.2. The van der Waals surface area contributed by atoms with Gasteiger partial charge in [0.15, 0.2) is 0 Å². The molecule has 0 bridgehead atoms. The van der Waals surface area contributed by atoms with Gasteiger partial charge in [-0.3, -0.25) is 9.59 Å². The number of carbonyl (C=O) groups excluding carboxylic acids is 2. The number of hydrogen-bond donors (Lipinski definition) is 0. The van der Waals surface area contributed by atoms with Crippen molar-refractivity contribution in [2.45, 2.75) is 24.7 Å². The van der Waals surface area contributed by atoms with E-state index < -0.39 is 10.0 Å². The Labute approximate surface area is 201 Å². The van der Waals surface area contributed by atoms with Crippen LogP contribution in [-0.4, -0.2) is 80.2 Å². The van der Waals surface area contributed by atoms with E-state index in [9.17, 15) is 18.0 Å². The highest BCUT2D eigenvalue weighted by atomic mass is 32.2. The molecule has 0 unspecified atom stereocenters. The fourth-order valence-electron chi connectivity index (χ4n) is 4.38. The molecule has 0 N–H and O–H groups in total. The Hall–Kier alpha value is -2.91. The van der Waals surface area contributed by atoms with Gasteiger partial charge in [0.05, 0.1) is 11.5 Å². The lowest BCUT2D eigenvalue weighted by Gasteiger charge is -2.33. The minimum absolute atomic E-state index is 0.0485. The molecule has 0 saturated carbocycles. The SMILES string of the molecule is CC(=O)N1CCN(S(=O)(=O)c2ccc(C(=O)N3CCC(COc4ccccc4)CC3)cc2)CC1. The highest BCUT2D eigenvalue weighted by Crippen LogP contribution is 2.23. The molecule has 2 aliphatic rings.